The number of aromatic nitrogens is 1. The number of phenolic OH excluding ortho intramolecular Hbond substituents is 1. The number of hydrogen-bond acceptors (Lipinski definition) is 5. The van der Waals surface area contributed by atoms with Crippen molar-refractivity contribution in [2.75, 3.05) is 12.8 Å². The molecule has 0 aliphatic heterocycles. The number of nitrogen functional groups attached to an aromatic ring is 1. The standard InChI is InChI=1S/C11H12N2O3/c1-6-3-7(8-4-11(12)16-13-8)9(14)5-10(6)15-2/h3-5,14H,12H2,1-2H3. The molecule has 5 heteroatoms. The molecule has 3 N–H and O–H groups in total. The van der Waals surface area contributed by atoms with E-state index in [0.717, 1.165) is 5.56 Å². The lowest BCUT2D eigenvalue weighted by Gasteiger charge is -2.07. The number of methoxy groups -OCH3 is 1. The van der Waals surface area contributed by atoms with Gasteiger partial charge in [-0.2, -0.15) is 0 Å². The molecule has 0 aliphatic rings. The summed E-state index contributed by atoms with van der Waals surface area (Å²) in [6.45, 7) is 1.88. The van der Waals surface area contributed by atoms with E-state index in [0.29, 0.717) is 17.0 Å². The van der Waals surface area contributed by atoms with Crippen LogP contribution in [0.5, 0.6) is 11.5 Å². The summed E-state index contributed by atoms with van der Waals surface area (Å²) in [7, 11) is 1.55. The van der Waals surface area contributed by atoms with Gasteiger partial charge < -0.3 is 20.1 Å². The van der Waals surface area contributed by atoms with E-state index >= 15 is 0 Å². The number of nitrogens with two attached hydrogens (primary N) is 1. The Morgan fingerprint density at radius 2 is 2.12 bits per heavy atom. The summed E-state index contributed by atoms with van der Waals surface area (Å²) in [4.78, 5) is 0. The fourth-order valence-corrected chi connectivity index (χ4v) is 1.52. The van der Waals surface area contributed by atoms with Crippen LogP contribution in [0, 0.1) is 6.92 Å². The van der Waals surface area contributed by atoms with E-state index in [2.05, 4.69) is 5.16 Å². The summed E-state index contributed by atoms with van der Waals surface area (Å²) in [5.41, 5.74) is 7.39. The topological polar surface area (TPSA) is 81.5 Å². The van der Waals surface area contributed by atoms with Crippen LogP contribution in [-0.4, -0.2) is 17.4 Å². The number of ether oxygens (including phenoxy) is 1. The van der Waals surface area contributed by atoms with Gasteiger partial charge in [-0.25, -0.2) is 0 Å². The maximum absolute atomic E-state index is 9.81. The van der Waals surface area contributed by atoms with Gasteiger partial charge in [-0.1, -0.05) is 5.16 Å². The molecule has 5 nitrogen and oxygen atoms in total. The third-order valence-electron chi connectivity index (χ3n) is 2.32. The minimum absolute atomic E-state index is 0.0794. The minimum Gasteiger partial charge on any atom is -0.507 e. The molecule has 0 spiro atoms. The lowest BCUT2D eigenvalue weighted by molar-refractivity contribution is 0.404. The maximum Gasteiger partial charge on any atom is 0.222 e. The second-order valence-electron chi connectivity index (χ2n) is 3.45. The Kier molecular flexibility index (Phi) is 2.44. The first-order valence-electron chi connectivity index (χ1n) is 4.72. The third-order valence-corrected chi connectivity index (χ3v) is 2.32. The van der Waals surface area contributed by atoms with E-state index in [9.17, 15) is 5.11 Å². The highest BCUT2D eigenvalue weighted by Crippen LogP contribution is 2.34. The largest absolute Gasteiger partial charge is 0.507 e. The van der Waals surface area contributed by atoms with Crippen molar-refractivity contribution in [3.63, 3.8) is 0 Å². The fraction of sp³-hybridized carbons (Fsp3) is 0.182. The highest BCUT2D eigenvalue weighted by Gasteiger charge is 2.12. The van der Waals surface area contributed by atoms with E-state index in [4.69, 9.17) is 15.0 Å². The van der Waals surface area contributed by atoms with Crippen molar-refractivity contribution in [1.29, 1.82) is 0 Å². The summed E-state index contributed by atoms with van der Waals surface area (Å²) < 4.78 is 9.85. The van der Waals surface area contributed by atoms with Gasteiger partial charge in [0.05, 0.1) is 7.11 Å². The quantitative estimate of drug-likeness (QED) is 0.808. The van der Waals surface area contributed by atoms with Crippen LogP contribution in [0.3, 0.4) is 0 Å². The Labute approximate surface area is 92.4 Å². The van der Waals surface area contributed by atoms with Gasteiger partial charge in [0.2, 0.25) is 5.88 Å². The van der Waals surface area contributed by atoms with Gasteiger partial charge in [0.15, 0.2) is 0 Å². The third kappa shape index (κ3) is 1.67. The Morgan fingerprint density at radius 1 is 1.38 bits per heavy atom. The van der Waals surface area contributed by atoms with E-state index < -0.39 is 0 Å². The fourth-order valence-electron chi connectivity index (χ4n) is 1.52. The lowest BCUT2D eigenvalue weighted by atomic mass is 10.1. The molecule has 0 saturated heterocycles. The maximum atomic E-state index is 9.81. The van der Waals surface area contributed by atoms with Gasteiger partial charge in [-0.3, -0.25) is 0 Å². The molecule has 2 aromatic rings. The molecule has 1 heterocycles. The summed E-state index contributed by atoms with van der Waals surface area (Å²) >= 11 is 0. The van der Waals surface area contributed by atoms with Crippen molar-refractivity contribution < 1.29 is 14.4 Å². The Bertz CT molecular complexity index is 520. The molecule has 2 rings (SSSR count). The smallest absolute Gasteiger partial charge is 0.222 e. The highest BCUT2D eigenvalue weighted by molar-refractivity contribution is 5.70. The van der Waals surface area contributed by atoms with Crippen LogP contribution in [0.2, 0.25) is 0 Å². The molecule has 1 aromatic carbocycles. The summed E-state index contributed by atoms with van der Waals surface area (Å²) in [6.07, 6.45) is 0. The van der Waals surface area contributed by atoms with Gasteiger partial charge in [0.1, 0.15) is 17.2 Å². The van der Waals surface area contributed by atoms with Crippen LogP contribution in [0.4, 0.5) is 5.88 Å². The number of anilines is 1. The second-order valence-corrected chi connectivity index (χ2v) is 3.45. The van der Waals surface area contributed by atoms with E-state index in [1.54, 1.807) is 19.2 Å². The summed E-state index contributed by atoms with van der Waals surface area (Å²) in [5.74, 6) is 0.913. The van der Waals surface area contributed by atoms with Crippen LogP contribution < -0.4 is 10.5 Å². The number of aromatic hydroxyl groups is 1. The van der Waals surface area contributed by atoms with Gasteiger partial charge in [0, 0.05) is 17.7 Å². The zero-order valence-corrected chi connectivity index (χ0v) is 9.02. The Morgan fingerprint density at radius 3 is 2.69 bits per heavy atom. The molecular weight excluding hydrogens is 208 g/mol. The van der Waals surface area contributed by atoms with Crippen LogP contribution in [-0.2, 0) is 0 Å². The van der Waals surface area contributed by atoms with Gasteiger partial charge in [-0.15, -0.1) is 0 Å². The first kappa shape index (κ1) is 10.4. The molecule has 1 aromatic heterocycles. The van der Waals surface area contributed by atoms with Crippen LogP contribution in [0.25, 0.3) is 11.3 Å². The molecule has 0 saturated carbocycles. The first-order chi connectivity index (χ1) is 7.61. The zero-order valence-electron chi connectivity index (χ0n) is 9.02. The Hall–Kier alpha value is -2.17. The van der Waals surface area contributed by atoms with Gasteiger partial charge in [0.25, 0.3) is 0 Å². The number of benzene rings is 1. The zero-order chi connectivity index (χ0) is 11.7. The van der Waals surface area contributed by atoms with Crippen LogP contribution in [0.1, 0.15) is 5.56 Å². The number of phenols is 1. The predicted molar refractivity (Wildman–Crippen MR) is 59.3 cm³/mol. The lowest BCUT2D eigenvalue weighted by Crippen LogP contribution is -1.89. The summed E-state index contributed by atoms with van der Waals surface area (Å²) in [5, 5.41) is 13.5. The number of hydrogen-bond donors (Lipinski definition) is 2. The number of nitrogens with zero attached hydrogens (tertiary/aromatic N) is 1. The minimum atomic E-state index is 0.0794. The Balaban J connectivity index is 2.54. The molecule has 16 heavy (non-hydrogen) atoms. The highest BCUT2D eigenvalue weighted by atomic mass is 16.5. The van der Waals surface area contributed by atoms with Gasteiger partial charge >= 0.3 is 0 Å². The molecule has 0 aliphatic carbocycles. The van der Waals surface area contributed by atoms with Gasteiger partial charge in [-0.05, 0) is 18.6 Å². The normalized spacial score (nSPS) is 10.4. The van der Waals surface area contributed by atoms with E-state index in [1.165, 1.54) is 6.07 Å². The summed E-state index contributed by atoms with van der Waals surface area (Å²) in [6, 6.07) is 4.86. The van der Waals surface area contributed by atoms with Crippen molar-refractivity contribution in [3.8, 4) is 22.8 Å². The van der Waals surface area contributed by atoms with Crippen LogP contribution in [0.15, 0.2) is 22.7 Å². The molecular formula is C11H12N2O3. The molecule has 0 unspecified atom stereocenters. The molecule has 0 atom stereocenters. The average molecular weight is 220 g/mol. The number of aryl methyl sites for hydroxylation is 1. The van der Waals surface area contributed by atoms with Crippen molar-refractivity contribution in [2.45, 2.75) is 6.92 Å². The monoisotopic (exact) mass is 220 g/mol. The van der Waals surface area contributed by atoms with Crippen molar-refractivity contribution in [1.82, 2.24) is 5.16 Å². The number of rotatable bonds is 2. The molecule has 84 valence electrons. The van der Waals surface area contributed by atoms with Crippen molar-refractivity contribution in [2.24, 2.45) is 0 Å². The molecule has 0 radical (unpaired) electrons. The van der Waals surface area contributed by atoms with E-state index in [1.807, 2.05) is 6.92 Å². The molecule has 0 bridgehead atoms. The van der Waals surface area contributed by atoms with Crippen molar-refractivity contribution >= 4 is 5.88 Å². The predicted octanol–water partition coefficient (Wildman–Crippen LogP) is 1.95. The first-order valence-corrected chi connectivity index (χ1v) is 4.72. The van der Waals surface area contributed by atoms with Crippen LogP contribution >= 0.6 is 0 Å². The SMILES string of the molecule is COc1cc(O)c(-c2cc(N)on2)cc1C. The van der Waals surface area contributed by atoms with E-state index in [-0.39, 0.29) is 11.6 Å². The molecule has 0 fully saturated rings. The average Bonchev–Trinajstić information content (AvgIpc) is 2.67. The second kappa shape index (κ2) is 3.77. The van der Waals surface area contributed by atoms with Crippen molar-refractivity contribution in [3.05, 3.63) is 23.8 Å². The molecule has 0 amide bonds.